The van der Waals surface area contributed by atoms with Gasteiger partial charge in [-0.3, -0.25) is 0 Å². The minimum absolute atomic E-state index is 0.577. The Balaban J connectivity index is 4.00. The Morgan fingerprint density at radius 2 is 1.88 bits per heavy atom. The van der Waals surface area contributed by atoms with Gasteiger partial charge >= 0.3 is 0 Å². The molecule has 8 heavy (non-hydrogen) atoms. The lowest BCUT2D eigenvalue weighted by molar-refractivity contribution is 0.417. The number of hydrogen-bond acceptors (Lipinski definition) is 0. The highest BCUT2D eigenvalue weighted by molar-refractivity contribution is 6.38. The van der Waals surface area contributed by atoms with Crippen LogP contribution in [0.4, 0.5) is 8.78 Å². The van der Waals surface area contributed by atoms with Crippen molar-refractivity contribution in [3.05, 3.63) is 10.3 Å². The van der Waals surface area contributed by atoms with Gasteiger partial charge in [-0.1, -0.05) is 11.6 Å². The average molecular weight is 161 g/mol. The van der Waals surface area contributed by atoms with Crippen molar-refractivity contribution in [1.82, 2.24) is 0 Å². The molecule has 0 fully saturated rings. The van der Waals surface area contributed by atoms with Gasteiger partial charge in [-0.25, -0.2) is 4.39 Å². The summed E-state index contributed by atoms with van der Waals surface area (Å²) in [5.74, 6) is 0. The van der Waals surface area contributed by atoms with Gasteiger partial charge in [0.05, 0.1) is 5.03 Å². The maximum Gasteiger partial charge on any atom is 0.206 e. The third-order valence-corrected chi connectivity index (χ3v) is 1.30. The molecule has 1 atom stereocenters. The Labute approximate surface area is 56.1 Å². The zero-order valence-corrected chi connectivity index (χ0v) is 5.60. The molecule has 0 rings (SSSR count). The summed E-state index contributed by atoms with van der Waals surface area (Å²) in [5.41, 5.74) is 0. The van der Waals surface area contributed by atoms with Crippen molar-refractivity contribution in [2.45, 2.75) is 13.1 Å². The predicted molar refractivity (Wildman–Crippen MR) is 30.4 cm³/mol. The molecule has 0 saturated carbocycles. The smallest absolute Gasteiger partial charge is 0.206 e. The molecule has 4 heteroatoms. The summed E-state index contributed by atoms with van der Waals surface area (Å²) in [5, 5.41) is -1.76. The first-order valence-corrected chi connectivity index (χ1v) is 2.66. The Hall–Kier alpha value is 0.180. The van der Waals surface area contributed by atoms with Gasteiger partial charge in [-0.15, -0.1) is 0 Å². The highest BCUT2D eigenvalue weighted by atomic mass is 35.5. The fourth-order valence-electron chi connectivity index (χ4n) is 0.150. The van der Waals surface area contributed by atoms with E-state index < -0.39 is 16.5 Å². The van der Waals surface area contributed by atoms with E-state index in [-0.39, 0.29) is 0 Å². The lowest BCUT2D eigenvalue weighted by Gasteiger charge is -1.94. The molecule has 1 unspecified atom stereocenters. The Morgan fingerprint density at radius 1 is 1.50 bits per heavy atom. The molecule has 0 nitrogen and oxygen atoms in total. The van der Waals surface area contributed by atoms with Crippen LogP contribution in [0, 0.1) is 0 Å². The van der Waals surface area contributed by atoms with Crippen molar-refractivity contribution in [3.8, 4) is 0 Å². The first-order chi connectivity index (χ1) is 3.55. The van der Waals surface area contributed by atoms with E-state index in [1.807, 2.05) is 0 Å². The first-order valence-electron chi connectivity index (χ1n) is 1.90. The number of halogens is 4. The number of hydrogen-bond donors (Lipinski definition) is 0. The topological polar surface area (TPSA) is 0 Å². The van der Waals surface area contributed by atoms with E-state index in [1.54, 1.807) is 0 Å². The molecule has 0 aliphatic heterocycles. The van der Waals surface area contributed by atoms with Gasteiger partial charge in [0.25, 0.3) is 0 Å². The summed E-state index contributed by atoms with van der Waals surface area (Å²) in [6.07, 6.45) is -1.52. The van der Waals surface area contributed by atoms with Gasteiger partial charge in [0.1, 0.15) is 6.17 Å². The van der Waals surface area contributed by atoms with E-state index in [9.17, 15) is 8.78 Å². The lowest BCUT2D eigenvalue weighted by Crippen LogP contribution is -1.91. The van der Waals surface area contributed by atoms with Crippen molar-refractivity contribution in [3.63, 3.8) is 0 Å². The van der Waals surface area contributed by atoms with E-state index >= 15 is 0 Å². The van der Waals surface area contributed by atoms with Crippen LogP contribution in [0.25, 0.3) is 0 Å². The van der Waals surface area contributed by atoms with Gasteiger partial charge in [-0.05, 0) is 18.5 Å². The van der Waals surface area contributed by atoms with Crippen molar-refractivity contribution in [2.75, 3.05) is 0 Å². The summed E-state index contributed by atoms with van der Waals surface area (Å²) in [7, 11) is 0. The van der Waals surface area contributed by atoms with Crippen molar-refractivity contribution >= 4 is 23.2 Å². The number of rotatable bonds is 1. The molecule has 0 radical (unpaired) electrons. The Bertz CT molecular complexity index is 105. The van der Waals surface area contributed by atoms with Crippen molar-refractivity contribution < 1.29 is 8.78 Å². The van der Waals surface area contributed by atoms with Gasteiger partial charge in [0, 0.05) is 0 Å². The van der Waals surface area contributed by atoms with Crippen LogP contribution in [0.15, 0.2) is 10.3 Å². The molecule has 48 valence electrons. The molecule has 0 spiro atoms. The summed E-state index contributed by atoms with van der Waals surface area (Å²) in [4.78, 5) is 0. The van der Waals surface area contributed by atoms with E-state index in [0.717, 1.165) is 6.92 Å². The molecule has 0 aromatic heterocycles. The van der Waals surface area contributed by atoms with Gasteiger partial charge in [-0.2, -0.15) is 4.39 Å². The molecule has 0 bridgehead atoms. The summed E-state index contributed by atoms with van der Waals surface area (Å²) in [6.45, 7) is 1.10. The molecular weight excluding hydrogens is 157 g/mol. The maximum atomic E-state index is 11.8. The van der Waals surface area contributed by atoms with E-state index in [0.29, 0.717) is 0 Å². The second kappa shape index (κ2) is 3.25. The Morgan fingerprint density at radius 3 is 1.88 bits per heavy atom. The van der Waals surface area contributed by atoms with Crippen molar-refractivity contribution in [2.24, 2.45) is 0 Å². The second-order valence-corrected chi connectivity index (χ2v) is 1.96. The predicted octanol–water partition coefficient (Wildman–Crippen LogP) is 2.96. The monoisotopic (exact) mass is 160 g/mol. The fourth-order valence-corrected chi connectivity index (χ4v) is 0.301. The van der Waals surface area contributed by atoms with Crippen LogP contribution in [0.3, 0.4) is 0 Å². The van der Waals surface area contributed by atoms with Gasteiger partial charge in [0.15, 0.2) is 0 Å². The van der Waals surface area contributed by atoms with Crippen LogP contribution >= 0.6 is 23.2 Å². The van der Waals surface area contributed by atoms with E-state index in [1.165, 1.54) is 0 Å². The maximum absolute atomic E-state index is 11.8. The number of alkyl halides is 1. The molecule has 0 aliphatic rings. The summed E-state index contributed by atoms with van der Waals surface area (Å²) < 4.78 is 23.5. The molecule has 0 amide bonds. The third-order valence-electron chi connectivity index (χ3n) is 0.530. The van der Waals surface area contributed by atoms with Crippen LogP contribution in [-0.4, -0.2) is 6.17 Å². The van der Waals surface area contributed by atoms with Crippen molar-refractivity contribution in [1.29, 1.82) is 0 Å². The second-order valence-electron chi connectivity index (χ2n) is 1.22. The molecule has 0 aromatic carbocycles. The van der Waals surface area contributed by atoms with Crippen LogP contribution in [0.2, 0.25) is 0 Å². The zero-order valence-electron chi connectivity index (χ0n) is 4.09. The molecule has 0 N–H and O–H groups in total. The largest absolute Gasteiger partial charge is 0.241 e. The highest BCUT2D eigenvalue weighted by Crippen LogP contribution is 2.19. The summed E-state index contributed by atoms with van der Waals surface area (Å²) in [6, 6.07) is 0. The standard InChI is InChI=1S/C4H4Cl2F2/c1-2(7)3(5)4(6)8/h2H,1H3. The molecule has 0 aromatic rings. The highest BCUT2D eigenvalue weighted by Gasteiger charge is 2.07. The zero-order chi connectivity index (χ0) is 6.73. The first kappa shape index (κ1) is 8.18. The van der Waals surface area contributed by atoms with E-state index in [2.05, 4.69) is 11.6 Å². The van der Waals surface area contributed by atoms with E-state index in [4.69, 9.17) is 11.6 Å². The normalized spacial score (nSPS) is 17.6. The molecule has 0 aliphatic carbocycles. The third kappa shape index (κ3) is 2.48. The van der Waals surface area contributed by atoms with Crippen LogP contribution < -0.4 is 0 Å². The van der Waals surface area contributed by atoms with Gasteiger partial charge in [0.2, 0.25) is 5.29 Å². The van der Waals surface area contributed by atoms with Crippen LogP contribution in [0.5, 0.6) is 0 Å². The summed E-state index contributed by atoms with van der Waals surface area (Å²) >= 11 is 9.61. The van der Waals surface area contributed by atoms with Gasteiger partial charge < -0.3 is 0 Å². The quantitative estimate of drug-likeness (QED) is 0.554. The molecule has 0 saturated heterocycles. The fraction of sp³-hybridized carbons (Fsp3) is 0.500. The van der Waals surface area contributed by atoms with Crippen LogP contribution in [-0.2, 0) is 0 Å². The average Bonchev–Trinajstić information content (AvgIpc) is 1.64. The number of allylic oxidation sites excluding steroid dienone is 1. The van der Waals surface area contributed by atoms with Crippen LogP contribution in [0.1, 0.15) is 6.92 Å². The SMILES string of the molecule is CC(F)C(Cl)=C(F)Cl. The minimum Gasteiger partial charge on any atom is -0.241 e. The molecule has 0 heterocycles. The Kier molecular flexibility index (Phi) is 3.33. The lowest BCUT2D eigenvalue weighted by atomic mass is 10.4. The molecular formula is C4H4Cl2F2. The minimum atomic E-state index is -1.52.